The van der Waals surface area contributed by atoms with Gasteiger partial charge >= 0.3 is 5.97 Å². The van der Waals surface area contributed by atoms with Crippen LogP contribution in [0.3, 0.4) is 0 Å². The topological polar surface area (TPSA) is 247 Å². The predicted molar refractivity (Wildman–Crippen MR) is 246 cm³/mol. The van der Waals surface area contributed by atoms with Crippen molar-refractivity contribution in [3.8, 4) is 0 Å². The van der Waals surface area contributed by atoms with Crippen LogP contribution in [0.25, 0.3) is 0 Å². The van der Waals surface area contributed by atoms with Crippen molar-refractivity contribution in [2.45, 2.75) is 136 Å². The van der Waals surface area contributed by atoms with Gasteiger partial charge in [0.05, 0.1) is 19.7 Å². The van der Waals surface area contributed by atoms with E-state index in [0.29, 0.717) is 19.3 Å². The van der Waals surface area contributed by atoms with Crippen LogP contribution in [0, 0.1) is 23.7 Å². The number of carbonyl (C=O) groups excluding carboxylic acids is 8. The van der Waals surface area contributed by atoms with Crippen LogP contribution < -0.4 is 37.6 Å². The first-order valence-electron chi connectivity index (χ1n) is 22.7. The maximum Gasteiger partial charge on any atom is 0.328 e. The molecule has 0 bridgehead atoms. The molecule has 2 aromatic rings. The van der Waals surface area contributed by atoms with Crippen LogP contribution >= 0.6 is 0 Å². The van der Waals surface area contributed by atoms with Gasteiger partial charge in [0.25, 0.3) is 0 Å². The van der Waals surface area contributed by atoms with Gasteiger partial charge in [-0.2, -0.15) is 0 Å². The standard InChI is InChI=1S/C48H72N8O9/c1-28(2)23-34(49)42(58)52-36(25-32-17-12-10-13-18-32)44(60)54-40(30(5)6)47(63)56-22-16-21-38(56)46(62)50-27-39(57)51-35(24-29(3)4)43(59)53-37(26-33-19-14-11-15-20-33)45(61)55-41(31(7)8)48(64)65-9/h10-15,17-20,28-31,34-38,40-41H,16,21-27,49H2,1-9H3,(H,50,62)(H,51,57)(H,52,58)(H,53,59)(H,54,60)(H,55,61)/t34-,35-,36-,37-,38+,40-,41-/m0/s1. The van der Waals surface area contributed by atoms with Gasteiger partial charge in [0.15, 0.2) is 0 Å². The van der Waals surface area contributed by atoms with Crippen LogP contribution in [-0.2, 0) is 55.9 Å². The molecule has 0 aromatic heterocycles. The van der Waals surface area contributed by atoms with Crippen molar-refractivity contribution in [2.75, 3.05) is 20.2 Å². The summed E-state index contributed by atoms with van der Waals surface area (Å²) in [6.07, 6.45) is 1.69. The summed E-state index contributed by atoms with van der Waals surface area (Å²) in [4.78, 5) is 110. The zero-order chi connectivity index (χ0) is 48.4. The Balaban J connectivity index is 1.71. The largest absolute Gasteiger partial charge is 0.467 e. The number of likely N-dealkylation sites (tertiary alicyclic amines) is 1. The molecule has 17 nitrogen and oxygen atoms in total. The highest BCUT2D eigenvalue weighted by Gasteiger charge is 2.40. The number of carbonyl (C=O) groups is 8. The number of hydrogen-bond acceptors (Lipinski definition) is 10. The first kappa shape index (κ1) is 53.5. The molecule has 0 aliphatic carbocycles. The summed E-state index contributed by atoms with van der Waals surface area (Å²) in [5.74, 6) is -5.27. The Labute approximate surface area is 383 Å². The number of nitrogens with one attached hydrogen (secondary N) is 6. The van der Waals surface area contributed by atoms with E-state index in [0.717, 1.165) is 11.1 Å². The van der Waals surface area contributed by atoms with Gasteiger partial charge in [-0.1, -0.05) is 116 Å². The van der Waals surface area contributed by atoms with Crippen LogP contribution in [0.1, 0.15) is 92.2 Å². The monoisotopic (exact) mass is 905 g/mol. The Morgan fingerprint density at radius 2 is 1.11 bits per heavy atom. The van der Waals surface area contributed by atoms with Crippen LogP contribution in [0.5, 0.6) is 0 Å². The van der Waals surface area contributed by atoms with Gasteiger partial charge in [-0.15, -0.1) is 0 Å². The summed E-state index contributed by atoms with van der Waals surface area (Å²) >= 11 is 0. The van der Waals surface area contributed by atoms with Crippen molar-refractivity contribution in [2.24, 2.45) is 29.4 Å². The summed E-state index contributed by atoms with van der Waals surface area (Å²) < 4.78 is 4.88. The molecular weight excluding hydrogens is 833 g/mol. The zero-order valence-electron chi connectivity index (χ0n) is 39.5. The normalized spacial score (nSPS) is 16.5. The van der Waals surface area contributed by atoms with Crippen molar-refractivity contribution >= 4 is 47.3 Å². The molecule has 1 aliphatic heterocycles. The molecule has 2 aromatic carbocycles. The molecule has 0 radical (unpaired) electrons. The summed E-state index contributed by atoms with van der Waals surface area (Å²) in [5, 5.41) is 16.4. The molecule has 1 fully saturated rings. The van der Waals surface area contributed by atoms with Crippen molar-refractivity contribution < 1.29 is 43.1 Å². The van der Waals surface area contributed by atoms with Gasteiger partial charge in [-0.25, -0.2) is 4.79 Å². The molecule has 3 rings (SSSR count). The van der Waals surface area contributed by atoms with E-state index in [1.807, 2.05) is 64.1 Å². The van der Waals surface area contributed by atoms with Gasteiger partial charge in [0.1, 0.15) is 36.3 Å². The van der Waals surface area contributed by atoms with Gasteiger partial charge in [-0.05, 0) is 60.5 Å². The first-order chi connectivity index (χ1) is 30.7. The van der Waals surface area contributed by atoms with E-state index in [1.165, 1.54) is 12.0 Å². The molecule has 0 unspecified atom stereocenters. The number of esters is 1. The number of rotatable bonds is 24. The number of ether oxygens (including phenoxy) is 1. The number of nitrogens with two attached hydrogens (primary N) is 1. The number of amides is 7. The molecule has 7 atom stereocenters. The molecule has 0 spiro atoms. The molecule has 1 heterocycles. The number of benzene rings is 2. The number of hydrogen-bond donors (Lipinski definition) is 7. The maximum atomic E-state index is 14.2. The fraction of sp³-hybridized carbons (Fsp3) is 0.583. The lowest BCUT2D eigenvalue weighted by Gasteiger charge is -2.31. The minimum atomic E-state index is -1.12. The highest BCUT2D eigenvalue weighted by Crippen LogP contribution is 2.21. The Morgan fingerprint density at radius 3 is 1.58 bits per heavy atom. The van der Waals surface area contributed by atoms with Crippen LogP contribution in [0.15, 0.2) is 60.7 Å². The van der Waals surface area contributed by atoms with Crippen LogP contribution in [0.4, 0.5) is 0 Å². The Kier molecular flexibility index (Phi) is 21.6. The van der Waals surface area contributed by atoms with Crippen molar-refractivity contribution in [3.05, 3.63) is 71.8 Å². The van der Waals surface area contributed by atoms with E-state index < -0.39 is 102 Å². The van der Waals surface area contributed by atoms with E-state index in [9.17, 15) is 38.4 Å². The molecule has 7 amide bonds. The molecule has 17 heteroatoms. The third-order valence-corrected chi connectivity index (χ3v) is 11.2. The Hall–Kier alpha value is -5.84. The second kappa shape index (κ2) is 26.2. The molecule has 358 valence electrons. The third kappa shape index (κ3) is 17.2. The second-order valence-electron chi connectivity index (χ2n) is 18.4. The number of methoxy groups -OCH3 is 1. The van der Waals surface area contributed by atoms with Crippen LogP contribution in [-0.4, -0.2) is 115 Å². The summed E-state index contributed by atoms with van der Waals surface area (Å²) in [7, 11) is 1.22. The highest BCUT2D eigenvalue weighted by molar-refractivity contribution is 5.97. The average Bonchev–Trinajstić information content (AvgIpc) is 3.76. The lowest BCUT2D eigenvalue weighted by molar-refractivity contribution is -0.146. The fourth-order valence-corrected chi connectivity index (χ4v) is 7.65. The number of nitrogens with zero attached hydrogens (tertiary/aromatic N) is 1. The summed E-state index contributed by atoms with van der Waals surface area (Å²) in [6, 6.07) is 11.2. The zero-order valence-corrected chi connectivity index (χ0v) is 39.5. The van der Waals surface area contributed by atoms with Gasteiger partial charge in [0.2, 0.25) is 41.4 Å². The highest BCUT2D eigenvalue weighted by atomic mass is 16.5. The van der Waals surface area contributed by atoms with Gasteiger partial charge < -0.3 is 47.3 Å². The SMILES string of the molecule is COC(=O)[C@@H](NC(=O)[C@H](Cc1ccccc1)NC(=O)[C@H](CC(C)C)NC(=O)CNC(=O)[C@H]1CCCN1C(=O)[C@@H](NC(=O)[C@H](Cc1ccccc1)NC(=O)[C@@H](N)CC(C)C)C(C)C)C(C)C. The molecule has 1 saturated heterocycles. The summed E-state index contributed by atoms with van der Waals surface area (Å²) in [5.41, 5.74) is 7.70. The third-order valence-electron chi connectivity index (χ3n) is 11.2. The quantitative estimate of drug-likeness (QED) is 0.0755. The second-order valence-corrected chi connectivity index (χ2v) is 18.4. The smallest absolute Gasteiger partial charge is 0.328 e. The Bertz CT molecular complexity index is 1910. The lowest BCUT2D eigenvalue weighted by Crippen LogP contribution is -2.59. The average molecular weight is 905 g/mol. The summed E-state index contributed by atoms with van der Waals surface area (Å²) in [6.45, 7) is 14.4. The lowest BCUT2D eigenvalue weighted by atomic mass is 9.99. The fourth-order valence-electron chi connectivity index (χ4n) is 7.65. The predicted octanol–water partition coefficient (Wildman–Crippen LogP) is 1.91. The van der Waals surface area contributed by atoms with E-state index in [2.05, 4.69) is 31.9 Å². The minimum Gasteiger partial charge on any atom is -0.467 e. The van der Waals surface area contributed by atoms with Crippen molar-refractivity contribution in [1.82, 2.24) is 36.8 Å². The Morgan fingerprint density at radius 1 is 0.631 bits per heavy atom. The van der Waals surface area contributed by atoms with Crippen molar-refractivity contribution in [3.63, 3.8) is 0 Å². The first-order valence-corrected chi connectivity index (χ1v) is 22.7. The molecule has 8 N–H and O–H groups in total. The van der Waals surface area contributed by atoms with Gasteiger partial charge in [0, 0.05) is 19.4 Å². The van der Waals surface area contributed by atoms with E-state index in [4.69, 9.17) is 10.5 Å². The molecule has 0 saturated carbocycles. The van der Waals surface area contributed by atoms with E-state index >= 15 is 0 Å². The maximum absolute atomic E-state index is 14.2. The van der Waals surface area contributed by atoms with E-state index in [-0.39, 0.29) is 43.6 Å². The van der Waals surface area contributed by atoms with E-state index in [1.54, 1.807) is 52.0 Å². The van der Waals surface area contributed by atoms with Gasteiger partial charge in [-0.3, -0.25) is 33.6 Å². The van der Waals surface area contributed by atoms with Crippen molar-refractivity contribution in [1.29, 1.82) is 0 Å². The molecule has 1 aliphatic rings. The minimum absolute atomic E-state index is 0.0634. The molecule has 65 heavy (non-hydrogen) atoms. The molecular formula is C48H72N8O9. The van der Waals surface area contributed by atoms with Crippen LogP contribution in [0.2, 0.25) is 0 Å².